The average Bonchev–Trinajstić information content (AvgIpc) is 3.69. The van der Waals surface area contributed by atoms with Gasteiger partial charge in [-0.3, -0.25) is 9.78 Å². The molecule has 1 saturated heterocycles. The Bertz CT molecular complexity index is 1640. The van der Waals surface area contributed by atoms with Gasteiger partial charge in [0.05, 0.1) is 31.5 Å². The van der Waals surface area contributed by atoms with Crippen LogP contribution in [0.2, 0.25) is 0 Å². The van der Waals surface area contributed by atoms with Crippen molar-refractivity contribution < 1.29 is 28.5 Å². The van der Waals surface area contributed by atoms with E-state index in [-0.39, 0.29) is 23.9 Å². The fourth-order valence-electron chi connectivity index (χ4n) is 6.19. The quantitative estimate of drug-likeness (QED) is 0.222. The monoisotopic (exact) mass is 566 g/mol. The summed E-state index contributed by atoms with van der Waals surface area (Å²) >= 11 is 0. The standard InChI is InChI=1S/C34H34N2O6/c1-39-31-17-23(29(38)19-34(21-37)11-2-3-12-34)4-6-27(31)32-18-28-33(42-32)26(8-13-36-28)22-5-7-30(24(16-22)20-35)41-25-9-14-40-15-10-25/h4-8,13,16-18,25,37H,2-3,9-12,14-15,19,21H2,1H3. The highest BCUT2D eigenvalue weighted by Crippen LogP contribution is 2.42. The molecule has 0 atom stereocenters. The molecule has 8 heteroatoms. The summed E-state index contributed by atoms with van der Waals surface area (Å²) in [6.07, 6.45) is 7.52. The number of furan rings is 1. The predicted molar refractivity (Wildman–Crippen MR) is 158 cm³/mol. The number of methoxy groups -OCH3 is 1. The van der Waals surface area contributed by atoms with Gasteiger partial charge in [-0.25, -0.2) is 0 Å². The third-order valence-electron chi connectivity index (χ3n) is 8.61. The van der Waals surface area contributed by atoms with Gasteiger partial charge >= 0.3 is 0 Å². The molecule has 0 radical (unpaired) electrons. The summed E-state index contributed by atoms with van der Waals surface area (Å²) in [5.74, 6) is 1.65. The molecule has 6 rings (SSSR count). The summed E-state index contributed by atoms with van der Waals surface area (Å²) < 4.78 is 23.6. The van der Waals surface area contributed by atoms with Gasteiger partial charge in [0.1, 0.15) is 34.9 Å². The van der Waals surface area contributed by atoms with E-state index in [1.165, 1.54) is 0 Å². The molecule has 216 valence electrons. The number of Topliss-reactive ketones (excluding diaryl/α,β-unsaturated/α-hetero) is 1. The fourth-order valence-corrected chi connectivity index (χ4v) is 6.19. The van der Waals surface area contributed by atoms with Crippen molar-refractivity contribution in [2.75, 3.05) is 26.9 Å². The van der Waals surface area contributed by atoms with E-state index in [0.717, 1.165) is 49.7 Å². The minimum Gasteiger partial charge on any atom is -0.496 e. The summed E-state index contributed by atoms with van der Waals surface area (Å²) in [6.45, 7) is 1.35. The lowest BCUT2D eigenvalue weighted by Crippen LogP contribution is -2.26. The van der Waals surface area contributed by atoms with Gasteiger partial charge in [-0.05, 0) is 48.7 Å². The molecule has 0 bridgehead atoms. The molecule has 2 fully saturated rings. The van der Waals surface area contributed by atoms with Crippen LogP contribution in [0.15, 0.2) is 59.1 Å². The minimum atomic E-state index is -0.315. The van der Waals surface area contributed by atoms with E-state index in [1.807, 2.05) is 36.4 Å². The number of aliphatic hydroxyl groups is 1. The number of ether oxygens (including phenoxy) is 3. The number of hydrogen-bond donors (Lipinski definition) is 1. The molecule has 0 amide bonds. The Morgan fingerprint density at radius 3 is 2.62 bits per heavy atom. The van der Waals surface area contributed by atoms with Crippen LogP contribution in [0.4, 0.5) is 0 Å². The Morgan fingerprint density at radius 1 is 1.07 bits per heavy atom. The zero-order chi connectivity index (χ0) is 29.1. The third-order valence-corrected chi connectivity index (χ3v) is 8.61. The van der Waals surface area contributed by atoms with E-state index in [9.17, 15) is 15.2 Å². The maximum absolute atomic E-state index is 13.2. The molecule has 1 N–H and O–H groups in total. The SMILES string of the molecule is COc1cc(C(=O)CC2(CO)CCCC2)ccc1-c1cc2nccc(-c3ccc(OC4CCOCC4)c(C#N)c3)c2o1. The summed E-state index contributed by atoms with van der Waals surface area (Å²) in [7, 11) is 1.57. The number of fused-ring (bicyclic) bond motifs is 1. The van der Waals surface area contributed by atoms with Crippen LogP contribution in [0.5, 0.6) is 11.5 Å². The molecule has 2 aromatic heterocycles. The molecule has 0 unspecified atom stereocenters. The molecule has 1 aliphatic heterocycles. The number of hydrogen-bond acceptors (Lipinski definition) is 8. The number of nitriles is 1. The normalized spacial score (nSPS) is 16.8. The van der Waals surface area contributed by atoms with Crippen LogP contribution in [-0.4, -0.2) is 48.9 Å². The van der Waals surface area contributed by atoms with E-state index in [4.69, 9.17) is 18.6 Å². The zero-order valence-corrected chi connectivity index (χ0v) is 23.7. The maximum atomic E-state index is 13.2. The Hall–Kier alpha value is -4.19. The summed E-state index contributed by atoms with van der Waals surface area (Å²) in [5.41, 5.74) is 4.27. The second-order valence-electron chi connectivity index (χ2n) is 11.3. The van der Waals surface area contributed by atoms with Crippen molar-refractivity contribution >= 4 is 16.9 Å². The number of rotatable bonds is 9. The van der Waals surface area contributed by atoms with Crippen molar-refractivity contribution in [3.63, 3.8) is 0 Å². The van der Waals surface area contributed by atoms with Crippen molar-refractivity contribution in [3.8, 4) is 40.0 Å². The molecular weight excluding hydrogens is 532 g/mol. The lowest BCUT2D eigenvalue weighted by Gasteiger charge is -2.25. The first-order valence-electron chi connectivity index (χ1n) is 14.5. The van der Waals surface area contributed by atoms with Crippen molar-refractivity contribution in [2.24, 2.45) is 5.41 Å². The number of aliphatic hydroxyl groups excluding tert-OH is 1. The smallest absolute Gasteiger partial charge is 0.163 e. The van der Waals surface area contributed by atoms with E-state index in [1.54, 1.807) is 25.4 Å². The number of ketones is 1. The highest BCUT2D eigenvalue weighted by atomic mass is 16.5. The number of benzene rings is 2. The zero-order valence-electron chi connectivity index (χ0n) is 23.7. The second kappa shape index (κ2) is 12.0. The van der Waals surface area contributed by atoms with Crippen molar-refractivity contribution in [1.29, 1.82) is 5.26 Å². The number of pyridine rings is 1. The second-order valence-corrected chi connectivity index (χ2v) is 11.3. The minimum absolute atomic E-state index is 0.00176. The van der Waals surface area contributed by atoms with E-state index < -0.39 is 0 Å². The first kappa shape index (κ1) is 28.0. The Labute approximate surface area is 244 Å². The first-order chi connectivity index (χ1) is 20.5. The van der Waals surface area contributed by atoms with E-state index in [2.05, 4.69) is 11.1 Å². The Balaban J connectivity index is 1.29. The lowest BCUT2D eigenvalue weighted by atomic mass is 9.80. The molecule has 4 aromatic rings. The summed E-state index contributed by atoms with van der Waals surface area (Å²) in [4.78, 5) is 17.7. The van der Waals surface area contributed by atoms with Gasteiger partial charge in [0.2, 0.25) is 0 Å². The van der Waals surface area contributed by atoms with Gasteiger partial charge in [0.25, 0.3) is 0 Å². The van der Waals surface area contributed by atoms with E-state index in [0.29, 0.717) is 64.7 Å². The topological polar surface area (TPSA) is 115 Å². The Morgan fingerprint density at radius 2 is 1.88 bits per heavy atom. The van der Waals surface area contributed by atoms with Crippen LogP contribution in [0, 0.1) is 16.7 Å². The predicted octanol–water partition coefficient (Wildman–Crippen LogP) is 6.73. The highest BCUT2D eigenvalue weighted by molar-refractivity contribution is 5.98. The number of carbonyl (C=O) groups excluding carboxylic acids is 1. The van der Waals surface area contributed by atoms with Crippen molar-refractivity contribution in [2.45, 2.75) is 51.0 Å². The van der Waals surface area contributed by atoms with Gasteiger partial charge < -0.3 is 23.7 Å². The van der Waals surface area contributed by atoms with Crippen LogP contribution < -0.4 is 9.47 Å². The molecule has 2 aliphatic rings. The third kappa shape index (κ3) is 5.50. The van der Waals surface area contributed by atoms with Gasteiger partial charge in [-0.1, -0.05) is 25.0 Å². The van der Waals surface area contributed by atoms with Crippen molar-refractivity contribution in [1.82, 2.24) is 4.98 Å². The van der Waals surface area contributed by atoms with Crippen LogP contribution in [0.25, 0.3) is 33.6 Å². The molecule has 42 heavy (non-hydrogen) atoms. The van der Waals surface area contributed by atoms with Crippen LogP contribution >= 0.6 is 0 Å². The van der Waals surface area contributed by atoms with Crippen LogP contribution in [0.1, 0.15) is 60.9 Å². The molecule has 3 heterocycles. The van der Waals surface area contributed by atoms with Crippen LogP contribution in [-0.2, 0) is 4.74 Å². The number of carbonyl (C=O) groups is 1. The first-order valence-corrected chi connectivity index (χ1v) is 14.5. The molecule has 2 aromatic carbocycles. The van der Waals surface area contributed by atoms with Gasteiger partial charge in [-0.15, -0.1) is 0 Å². The lowest BCUT2D eigenvalue weighted by molar-refractivity contribution is 0.0254. The molecular formula is C34H34N2O6. The molecule has 1 aliphatic carbocycles. The largest absolute Gasteiger partial charge is 0.496 e. The highest BCUT2D eigenvalue weighted by Gasteiger charge is 2.35. The Kier molecular flexibility index (Phi) is 7.96. The molecule has 8 nitrogen and oxygen atoms in total. The maximum Gasteiger partial charge on any atom is 0.163 e. The fraction of sp³-hybridized carbons (Fsp3) is 0.382. The van der Waals surface area contributed by atoms with Crippen molar-refractivity contribution in [3.05, 3.63) is 65.9 Å². The number of aromatic nitrogens is 1. The summed E-state index contributed by atoms with van der Waals surface area (Å²) in [6, 6.07) is 16.9. The number of nitrogens with zero attached hydrogens (tertiary/aromatic N) is 2. The molecule has 1 saturated carbocycles. The average molecular weight is 567 g/mol. The van der Waals surface area contributed by atoms with Gasteiger partial charge in [0.15, 0.2) is 11.4 Å². The van der Waals surface area contributed by atoms with Gasteiger partial charge in [-0.2, -0.15) is 5.26 Å². The van der Waals surface area contributed by atoms with E-state index >= 15 is 0 Å². The van der Waals surface area contributed by atoms with Crippen LogP contribution in [0.3, 0.4) is 0 Å². The summed E-state index contributed by atoms with van der Waals surface area (Å²) in [5, 5.41) is 19.8. The molecule has 0 spiro atoms. The van der Waals surface area contributed by atoms with Gasteiger partial charge in [0, 0.05) is 54.7 Å².